The van der Waals surface area contributed by atoms with Crippen molar-refractivity contribution in [1.29, 1.82) is 0 Å². The Labute approximate surface area is 191 Å². The van der Waals surface area contributed by atoms with Crippen LogP contribution in [0.5, 0.6) is 0 Å². The molecule has 3 heteroatoms. The van der Waals surface area contributed by atoms with E-state index in [2.05, 4.69) is 66.5 Å². The maximum absolute atomic E-state index is 8.91. The maximum atomic E-state index is 8.91. The summed E-state index contributed by atoms with van der Waals surface area (Å²) in [6.07, 6.45) is 6.26. The van der Waals surface area contributed by atoms with Crippen molar-refractivity contribution < 1.29 is 49.2 Å². The number of hydrogen-bond donors (Lipinski definition) is 1. The Kier molecular flexibility index (Phi) is 11.5. The summed E-state index contributed by atoms with van der Waals surface area (Å²) in [6, 6.07) is 0. The predicted molar refractivity (Wildman–Crippen MR) is 107 cm³/mol. The summed E-state index contributed by atoms with van der Waals surface area (Å²) in [5.41, 5.74) is 11.0. The third kappa shape index (κ3) is 6.85. The Morgan fingerprint density at radius 1 is 0.840 bits per heavy atom. The van der Waals surface area contributed by atoms with Crippen molar-refractivity contribution in [2.45, 2.75) is 61.3 Å². The number of allylic oxidation sites excluding steroid dienone is 2. The zero-order valence-corrected chi connectivity index (χ0v) is 22.2. The standard InChI is InChI=1S/C22H35NO.Ac/c1-15(12-13-24)10-9-11-16(2)14-23(8)22-20(6)18(4)17(3)19(5)21(22)7;/h11-12,24H,9-10,13-14H2,1-8H3;/b15-12+,16-11+;. The predicted octanol–water partition coefficient (Wildman–Crippen LogP) is 5.33. The van der Waals surface area contributed by atoms with Crippen molar-refractivity contribution in [2.24, 2.45) is 0 Å². The second-order valence-corrected chi connectivity index (χ2v) is 7.15. The zero-order chi connectivity index (χ0) is 18.4. The Hall–Kier alpha value is -0.0984. The van der Waals surface area contributed by atoms with E-state index in [1.54, 1.807) is 0 Å². The van der Waals surface area contributed by atoms with Gasteiger partial charge < -0.3 is 10.0 Å². The van der Waals surface area contributed by atoms with Crippen molar-refractivity contribution in [1.82, 2.24) is 0 Å². The van der Waals surface area contributed by atoms with Crippen LogP contribution in [0.3, 0.4) is 0 Å². The SMILES string of the molecule is C/C(=C\CO)CC/C=C(\C)CN(C)c1c(C)c(C)c(C)c(C)c1C.[Ac]. The summed E-state index contributed by atoms with van der Waals surface area (Å²) in [5.74, 6) is 0. The molecule has 1 aromatic rings. The molecule has 0 aromatic heterocycles. The van der Waals surface area contributed by atoms with E-state index >= 15 is 0 Å². The molecule has 0 atom stereocenters. The van der Waals surface area contributed by atoms with Gasteiger partial charge in [-0.2, -0.15) is 0 Å². The molecule has 0 spiro atoms. The molecule has 0 fully saturated rings. The number of aliphatic hydroxyl groups excluding tert-OH is 1. The second-order valence-electron chi connectivity index (χ2n) is 7.15. The average Bonchev–Trinajstić information content (AvgIpc) is 2.51. The summed E-state index contributed by atoms with van der Waals surface area (Å²) < 4.78 is 0. The van der Waals surface area contributed by atoms with Crippen molar-refractivity contribution in [3.05, 3.63) is 51.1 Å². The summed E-state index contributed by atoms with van der Waals surface area (Å²) >= 11 is 0. The van der Waals surface area contributed by atoms with Crippen LogP contribution in [0, 0.1) is 78.7 Å². The summed E-state index contributed by atoms with van der Waals surface area (Å²) in [4.78, 5) is 2.38. The van der Waals surface area contributed by atoms with Gasteiger partial charge in [-0.15, -0.1) is 0 Å². The van der Waals surface area contributed by atoms with Crippen LogP contribution in [0.25, 0.3) is 0 Å². The molecule has 1 N–H and O–H groups in total. The Morgan fingerprint density at radius 3 is 1.80 bits per heavy atom. The molecule has 137 valence electrons. The molecule has 0 aliphatic heterocycles. The average molecular weight is 557 g/mol. The van der Waals surface area contributed by atoms with Gasteiger partial charge in [0.2, 0.25) is 0 Å². The van der Waals surface area contributed by atoms with Crippen LogP contribution >= 0.6 is 0 Å². The summed E-state index contributed by atoms with van der Waals surface area (Å²) in [5, 5.41) is 8.91. The first-order chi connectivity index (χ1) is 11.2. The number of likely N-dealkylation sites (N-methyl/N-ethyl adjacent to an activating group) is 1. The largest absolute Gasteiger partial charge is 0.392 e. The van der Waals surface area contributed by atoms with Gasteiger partial charge in [0.25, 0.3) is 0 Å². The van der Waals surface area contributed by atoms with Crippen LogP contribution in [-0.4, -0.2) is 25.3 Å². The zero-order valence-electron chi connectivity index (χ0n) is 17.5. The van der Waals surface area contributed by atoms with Gasteiger partial charge in [-0.1, -0.05) is 23.3 Å². The van der Waals surface area contributed by atoms with E-state index in [1.807, 2.05) is 6.08 Å². The van der Waals surface area contributed by atoms with Gasteiger partial charge >= 0.3 is 0 Å². The van der Waals surface area contributed by atoms with E-state index < -0.39 is 0 Å². The fourth-order valence-electron chi connectivity index (χ4n) is 3.37. The van der Waals surface area contributed by atoms with Gasteiger partial charge in [-0.25, -0.2) is 0 Å². The number of hydrogen-bond acceptors (Lipinski definition) is 2. The normalized spacial score (nSPS) is 12.2. The smallest absolute Gasteiger partial charge is 0.0614 e. The van der Waals surface area contributed by atoms with Gasteiger partial charge in [0.1, 0.15) is 0 Å². The molecule has 0 aliphatic carbocycles. The minimum absolute atomic E-state index is 0. The molecular weight excluding hydrogens is 521 g/mol. The van der Waals surface area contributed by atoms with Gasteiger partial charge in [-0.05, 0) is 89.1 Å². The Morgan fingerprint density at radius 2 is 1.32 bits per heavy atom. The van der Waals surface area contributed by atoms with Crippen molar-refractivity contribution >= 4 is 5.69 Å². The molecule has 25 heavy (non-hydrogen) atoms. The number of rotatable bonds is 7. The fourth-order valence-corrected chi connectivity index (χ4v) is 3.37. The number of benzene rings is 1. The molecule has 0 saturated carbocycles. The molecule has 0 heterocycles. The van der Waals surface area contributed by atoms with Crippen LogP contribution in [0.4, 0.5) is 5.69 Å². The van der Waals surface area contributed by atoms with Gasteiger partial charge in [0.15, 0.2) is 0 Å². The van der Waals surface area contributed by atoms with Gasteiger partial charge in [-0.3, -0.25) is 0 Å². The number of nitrogens with zero attached hydrogens (tertiary/aromatic N) is 1. The molecule has 1 aromatic carbocycles. The first kappa shape index (κ1) is 24.9. The van der Waals surface area contributed by atoms with Crippen LogP contribution in [0.15, 0.2) is 23.3 Å². The van der Waals surface area contributed by atoms with E-state index in [9.17, 15) is 0 Å². The molecule has 0 bridgehead atoms. The van der Waals surface area contributed by atoms with Crippen LogP contribution in [-0.2, 0) is 0 Å². The minimum atomic E-state index is 0. The number of anilines is 1. The molecular formula is C22H35AcNO. The number of aliphatic hydroxyl groups is 1. The van der Waals surface area contributed by atoms with E-state index in [-0.39, 0.29) is 50.7 Å². The molecule has 0 amide bonds. The summed E-state index contributed by atoms with van der Waals surface area (Å²) in [6.45, 7) is 16.5. The van der Waals surface area contributed by atoms with Crippen LogP contribution in [0.2, 0.25) is 0 Å². The van der Waals surface area contributed by atoms with Gasteiger partial charge in [0, 0.05) is 63.3 Å². The van der Waals surface area contributed by atoms with Crippen LogP contribution in [0.1, 0.15) is 54.5 Å². The Bertz CT molecular complexity index is 615. The van der Waals surface area contributed by atoms with E-state index in [0.29, 0.717) is 0 Å². The van der Waals surface area contributed by atoms with Crippen molar-refractivity contribution in [3.8, 4) is 0 Å². The topological polar surface area (TPSA) is 23.5 Å². The van der Waals surface area contributed by atoms with Crippen molar-refractivity contribution in [3.63, 3.8) is 0 Å². The van der Waals surface area contributed by atoms with E-state index in [0.717, 1.165) is 19.4 Å². The van der Waals surface area contributed by atoms with E-state index in [4.69, 9.17) is 5.11 Å². The molecule has 2 nitrogen and oxygen atoms in total. The molecule has 0 saturated heterocycles. The first-order valence-corrected chi connectivity index (χ1v) is 8.90. The fraction of sp³-hybridized carbons (Fsp3) is 0.545. The van der Waals surface area contributed by atoms with Crippen molar-refractivity contribution in [2.75, 3.05) is 25.1 Å². The molecule has 0 aliphatic rings. The third-order valence-electron chi connectivity index (χ3n) is 5.30. The quantitative estimate of drug-likeness (QED) is 0.459. The molecule has 0 unspecified atom stereocenters. The molecule has 1 radical (unpaired) electrons. The summed E-state index contributed by atoms with van der Waals surface area (Å²) in [7, 11) is 2.19. The van der Waals surface area contributed by atoms with Gasteiger partial charge in [0.05, 0.1) is 6.61 Å². The minimum Gasteiger partial charge on any atom is -0.392 e. The van der Waals surface area contributed by atoms with E-state index in [1.165, 1.54) is 44.7 Å². The third-order valence-corrected chi connectivity index (χ3v) is 5.30. The molecule has 1 rings (SSSR count). The maximum Gasteiger partial charge on any atom is 0.0614 e. The first-order valence-electron chi connectivity index (χ1n) is 8.90. The van der Waals surface area contributed by atoms with Crippen LogP contribution < -0.4 is 4.90 Å². The second kappa shape index (κ2) is 11.6. The Balaban J connectivity index is 0.00000576. The monoisotopic (exact) mass is 556 g/mol.